The van der Waals surface area contributed by atoms with E-state index >= 15 is 0 Å². The van der Waals surface area contributed by atoms with Crippen LogP contribution in [0.3, 0.4) is 0 Å². The van der Waals surface area contributed by atoms with Gasteiger partial charge in [-0.25, -0.2) is 4.79 Å². The maximum absolute atomic E-state index is 12.8. The standard InChI is InChI=1S/C20H28N2O6/c1-5-20(2,19(25)26)21-17(23)13-6-8-22(9-7-13)18(24)14-10-15(27-3)12-16(11-14)28-4/h10-13H,5-9H2,1-4H3,(H,21,23)(H,25,26). The minimum atomic E-state index is -1.28. The molecule has 2 N–H and O–H groups in total. The molecular formula is C20H28N2O6. The van der Waals surface area contributed by atoms with Crippen molar-refractivity contribution in [2.75, 3.05) is 27.3 Å². The van der Waals surface area contributed by atoms with Crippen molar-refractivity contribution in [2.45, 2.75) is 38.6 Å². The van der Waals surface area contributed by atoms with Crippen molar-refractivity contribution < 1.29 is 29.0 Å². The van der Waals surface area contributed by atoms with Gasteiger partial charge in [0.2, 0.25) is 5.91 Å². The first-order chi connectivity index (χ1) is 13.2. The van der Waals surface area contributed by atoms with E-state index in [0.29, 0.717) is 49.4 Å². The summed E-state index contributed by atoms with van der Waals surface area (Å²) in [6.07, 6.45) is 1.26. The first kappa shape index (κ1) is 21.5. The maximum atomic E-state index is 12.8. The second-order valence-corrected chi connectivity index (χ2v) is 7.15. The quantitative estimate of drug-likeness (QED) is 0.735. The number of carboxylic acids is 1. The molecule has 2 rings (SSSR count). The molecule has 1 aromatic rings. The zero-order valence-electron chi connectivity index (χ0n) is 16.8. The van der Waals surface area contributed by atoms with E-state index in [1.807, 2.05) is 0 Å². The number of methoxy groups -OCH3 is 2. The third-order valence-electron chi connectivity index (χ3n) is 5.33. The summed E-state index contributed by atoms with van der Waals surface area (Å²) < 4.78 is 10.4. The molecule has 1 atom stereocenters. The molecule has 28 heavy (non-hydrogen) atoms. The molecule has 1 unspecified atom stereocenters. The van der Waals surface area contributed by atoms with Gasteiger partial charge in [0.25, 0.3) is 5.91 Å². The predicted octanol–water partition coefficient (Wildman–Crippen LogP) is 1.93. The molecule has 1 aromatic carbocycles. The van der Waals surface area contributed by atoms with E-state index in [1.165, 1.54) is 21.1 Å². The number of amides is 2. The lowest BCUT2D eigenvalue weighted by molar-refractivity contribution is -0.148. The number of nitrogens with one attached hydrogen (secondary N) is 1. The van der Waals surface area contributed by atoms with Crippen LogP contribution in [0.5, 0.6) is 11.5 Å². The van der Waals surface area contributed by atoms with Crippen LogP contribution >= 0.6 is 0 Å². The van der Waals surface area contributed by atoms with Crippen molar-refractivity contribution in [3.63, 3.8) is 0 Å². The number of piperidine rings is 1. The van der Waals surface area contributed by atoms with Crippen molar-refractivity contribution in [1.29, 1.82) is 0 Å². The number of carbonyl (C=O) groups is 3. The average molecular weight is 392 g/mol. The summed E-state index contributed by atoms with van der Waals surface area (Å²) in [6.45, 7) is 4.07. The van der Waals surface area contributed by atoms with Crippen LogP contribution in [0.15, 0.2) is 18.2 Å². The number of aliphatic carboxylic acids is 1. The van der Waals surface area contributed by atoms with Gasteiger partial charge in [0.15, 0.2) is 0 Å². The van der Waals surface area contributed by atoms with E-state index in [2.05, 4.69) is 5.32 Å². The Morgan fingerprint density at radius 1 is 1.14 bits per heavy atom. The van der Waals surface area contributed by atoms with Gasteiger partial charge >= 0.3 is 5.97 Å². The van der Waals surface area contributed by atoms with Crippen LogP contribution in [0.2, 0.25) is 0 Å². The summed E-state index contributed by atoms with van der Waals surface area (Å²) in [4.78, 5) is 38.4. The van der Waals surface area contributed by atoms with E-state index < -0.39 is 11.5 Å². The van der Waals surface area contributed by atoms with Gasteiger partial charge in [0.05, 0.1) is 14.2 Å². The number of benzene rings is 1. The van der Waals surface area contributed by atoms with Crippen molar-refractivity contribution in [1.82, 2.24) is 10.2 Å². The van der Waals surface area contributed by atoms with Gasteiger partial charge in [-0.3, -0.25) is 9.59 Å². The molecule has 1 fully saturated rings. The summed E-state index contributed by atoms with van der Waals surface area (Å²) in [5.74, 6) is -0.729. The smallest absolute Gasteiger partial charge is 0.329 e. The highest BCUT2D eigenvalue weighted by Crippen LogP contribution is 2.26. The molecule has 1 saturated heterocycles. The first-order valence-electron chi connectivity index (χ1n) is 9.31. The topological polar surface area (TPSA) is 105 Å². The fourth-order valence-electron chi connectivity index (χ4n) is 3.13. The van der Waals surface area contributed by atoms with Crippen molar-refractivity contribution in [3.05, 3.63) is 23.8 Å². The van der Waals surface area contributed by atoms with Gasteiger partial charge in [-0.05, 0) is 38.3 Å². The molecule has 0 radical (unpaired) electrons. The molecule has 8 nitrogen and oxygen atoms in total. The van der Waals surface area contributed by atoms with Crippen LogP contribution in [0.4, 0.5) is 0 Å². The normalized spacial score (nSPS) is 16.8. The van der Waals surface area contributed by atoms with Crippen LogP contribution in [-0.4, -0.2) is 60.6 Å². The number of likely N-dealkylation sites (tertiary alicyclic amines) is 1. The van der Waals surface area contributed by atoms with Crippen LogP contribution < -0.4 is 14.8 Å². The Balaban J connectivity index is 2.01. The summed E-state index contributed by atoms with van der Waals surface area (Å²) in [7, 11) is 3.04. The third kappa shape index (κ3) is 4.74. The Kier molecular flexibility index (Phi) is 6.88. The molecule has 0 bridgehead atoms. The highest BCUT2D eigenvalue weighted by atomic mass is 16.5. The number of nitrogens with zero attached hydrogens (tertiary/aromatic N) is 1. The Bertz CT molecular complexity index is 720. The minimum absolute atomic E-state index is 0.153. The zero-order valence-corrected chi connectivity index (χ0v) is 16.8. The van der Waals surface area contributed by atoms with Gasteiger partial charge in [-0.15, -0.1) is 0 Å². The number of hydrogen-bond donors (Lipinski definition) is 2. The third-order valence-corrected chi connectivity index (χ3v) is 5.33. The van der Waals surface area contributed by atoms with Gasteiger partial charge in [-0.1, -0.05) is 6.92 Å². The first-order valence-corrected chi connectivity index (χ1v) is 9.31. The van der Waals surface area contributed by atoms with Crippen molar-refractivity contribution >= 4 is 17.8 Å². The Hall–Kier alpha value is -2.77. The van der Waals surface area contributed by atoms with E-state index in [-0.39, 0.29) is 17.7 Å². The molecule has 0 spiro atoms. The summed E-state index contributed by atoms with van der Waals surface area (Å²) in [5.41, 5.74) is -0.815. The van der Waals surface area contributed by atoms with Gasteiger partial charge in [0.1, 0.15) is 17.0 Å². The number of carbonyl (C=O) groups excluding carboxylic acids is 2. The van der Waals surface area contributed by atoms with Gasteiger partial charge < -0.3 is 24.8 Å². The average Bonchev–Trinajstić information content (AvgIpc) is 2.72. The number of rotatable bonds is 7. The minimum Gasteiger partial charge on any atom is -0.497 e. The predicted molar refractivity (Wildman–Crippen MR) is 103 cm³/mol. The SMILES string of the molecule is CCC(C)(NC(=O)C1CCN(C(=O)c2cc(OC)cc(OC)c2)CC1)C(=O)O. The molecule has 0 saturated carbocycles. The Morgan fingerprint density at radius 3 is 2.11 bits per heavy atom. The van der Waals surface area contributed by atoms with Crippen LogP contribution in [0, 0.1) is 5.92 Å². The Labute approximate surface area is 164 Å². The molecule has 0 aromatic heterocycles. The summed E-state index contributed by atoms with van der Waals surface area (Å²) in [6, 6.07) is 5.01. The van der Waals surface area contributed by atoms with E-state index in [4.69, 9.17) is 9.47 Å². The highest BCUT2D eigenvalue weighted by molar-refractivity contribution is 5.95. The molecule has 1 aliphatic rings. The number of ether oxygens (including phenoxy) is 2. The maximum Gasteiger partial charge on any atom is 0.329 e. The second kappa shape index (κ2) is 8.95. The second-order valence-electron chi connectivity index (χ2n) is 7.15. The lowest BCUT2D eigenvalue weighted by atomic mass is 9.92. The summed E-state index contributed by atoms with van der Waals surface area (Å²) in [5, 5.41) is 12.0. The monoisotopic (exact) mass is 392 g/mol. The molecule has 154 valence electrons. The van der Waals surface area contributed by atoms with Crippen molar-refractivity contribution in [2.24, 2.45) is 5.92 Å². The fourth-order valence-corrected chi connectivity index (χ4v) is 3.13. The molecule has 0 aliphatic carbocycles. The molecule has 1 heterocycles. The lowest BCUT2D eigenvalue weighted by Crippen LogP contribution is -2.54. The van der Waals surface area contributed by atoms with E-state index in [9.17, 15) is 19.5 Å². The van der Waals surface area contributed by atoms with Gasteiger partial charge in [0, 0.05) is 30.6 Å². The van der Waals surface area contributed by atoms with Crippen LogP contribution in [-0.2, 0) is 9.59 Å². The molecule has 8 heteroatoms. The summed E-state index contributed by atoms with van der Waals surface area (Å²) >= 11 is 0. The zero-order chi connectivity index (χ0) is 20.9. The Morgan fingerprint density at radius 2 is 1.68 bits per heavy atom. The van der Waals surface area contributed by atoms with Crippen molar-refractivity contribution in [3.8, 4) is 11.5 Å². The fraction of sp³-hybridized carbons (Fsp3) is 0.550. The largest absolute Gasteiger partial charge is 0.497 e. The van der Waals surface area contributed by atoms with E-state index in [0.717, 1.165) is 0 Å². The highest BCUT2D eigenvalue weighted by Gasteiger charge is 2.36. The lowest BCUT2D eigenvalue weighted by Gasteiger charge is -2.33. The number of hydrogen-bond acceptors (Lipinski definition) is 5. The van der Waals surface area contributed by atoms with E-state index in [1.54, 1.807) is 30.0 Å². The van der Waals surface area contributed by atoms with Crippen LogP contribution in [0.1, 0.15) is 43.5 Å². The number of carboxylic acid groups (broad SMARTS) is 1. The molecule has 1 aliphatic heterocycles. The van der Waals surface area contributed by atoms with Gasteiger partial charge in [-0.2, -0.15) is 0 Å². The van der Waals surface area contributed by atoms with Crippen LogP contribution in [0.25, 0.3) is 0 Å². The molecule has 2 amide bonds. The molecular weight excluding hydrogens is 364 g/mol.